The third kappa shape index (κ3) is 3.54. The normalized spacial score (nSPS) is 13.6. The van der Waals surface area contributed by atoms with Crippen LogP contribution in [-0.4, -0.2) is 10.7 Å². The minimum atomic E-state index is -1.20. The Morgan fingerprint density at radius 3 is 1.57 bits per heavy atom. The first kappa shape index (κ1) is 13.5. The van der Waals surface area contributed by atoms with Gasteiger partial charge in [-0.25, -0.2) is 0 Å². The lowest BCUT2D eigenvalue weighted by molar-refractivity contribution is 0.139. The van der Waals surface area contributed by atoms with Gasteiger partial charge in [0.25, 0.3) is 0 Å². The molecule has 0 aliphatic heterocycles. The van der Waals surface area contributed by atoms with Crippen LogP contribution in [0.3, 0.4) is 0 Å². The van der Waals surface area contributed by atoms with Gasteiger partial charge in [-0.3, -0.25) is 0 Å². The van der Waals surface area contributed by atoms with E-state index in [1.54, 1.807) is 0 Å². The number of hydrogen-bond acceptors (Lipinski definition) is 1. The molecule has 1 fully saturated rings. The van der Waals surface area contributed by atoms with Crippen molar-refractivity contribution >= 4 is 0 Å². The van der Waals surface area contributed by atoms with Gasteiger partial charge in [-0.05, 0) is 48.9 Å². The van der Waals surface area contributed by atoms with Crippen LogP contribution in [0.4, 0.5) is 0 Å². The summed E-state index contributed by atoms with van der Waals surface area (Å²) in [5, 5.41) is 10.7. The van der Waals surface area contributed by atoms with Gasteiger partial charge in [-0.2, -0.15) is 0 Å². The minimum Gasteiger partial charge on any atom is -0.367 e. The summed E-state index contributed by atoms with van der Waals surface area (Å²) >= 11 is 0. The smallest absolute Gasteiger partial charge is 0.191 e. The predicted octanol–water partition coefficient (Wildman–Crippen LogP) is 3.23. The molecule has 1 aliphatic rings. The molecule has 21 heavy (non-hydrogen) atoms. The molecule has 0 radical (unpaired) electrons. The van der Waals surface area contributed by atoms with Crippen LogP contribution in [0.2, 0.25) is 0 Å². The van der Waals surface area contributed by atoms with Gasteiger partial charge in [-0.15, -0.1) is 0 Å². The van der Waals surface area contributed by atoms with Crippen LogP contribution in [0.1, 0.15) is 24.0 Å². The highest BCUT2D eigenvalue weighted by Crippen LogP contribution is 2.39. The molecule has 0 unspecified atom stereocenters. The lowest BCUT2D eigenvalue weighted by Gasteiger charge is -2.13. The van der Waals surface area contributed by atoms with E-state index in [0.29, 0.717) is 0 Å². The molecule has 0 atom stereocenters. The molecule has 1 heteroatoms. The van der Waals surface area contributed by atoms with Crippen molar-refractivity contribution in [2.45, 2.75) is 18.4 Å². The first-order valence-corrected chi connectivity index (χ1v) is 7.15. The first-order chi connectivity index (χ1) is 10.3. The number of benzene rings is 2. The molecule has 0 spiro atoms. The summed E-state index contributed by atoms with van der Waals surface area (Å²) in [6.07, 6.45) is 1.98. The SMILES string of the molecule is OC(C#Cc1ccccc1)(C#Cc1ccccc1)C1CC1. The number of rotatable bonds is 1. The molecule has 0 heterocycles. The quantitative estimate of drug-likeness (QED) is 0.790. The number of aliphatic hydroxyl groups is 1. The molecule has 3 rings (SSSR count). The largest absolute Gasteiger partial charge is 0.367 e. The van der Waals surface area contributed by atoms with E-state index < -0.39 is 5.60 Å². The predicted molar refractivity (Wildman–Crippen MR) is 84.3 cm³/mol. The second kappa shape index (κ2) is 5.88. The van der Waals surface area contributed by atoms with E-state index in [-0.39, 0.29) is 5.92 Å². The van der Waals surface area contributed by atoms with Crippen LogP contribution in [-0.2, 0) is 0 Å². The fraction of sp³-hybridized carbons (Fsp3) is 0.200. The Kier molecular flexibility index (Phi) is 3.78. The van der Waals surface area contributed by atoms with Crippen molar-refractivity contribution in [2.75, 3.05) is 0 Å². The molecule has 0 saturated heterocycles. The van der Waals surface area contributed by atoms with Crippen molar-refractivity contribution < 1.29 is 5.11 Å². The fourth-order valence-corrected chi connectivity index (χ4v) is 2.11. The second-order valence-electron chi connectivity index (χ2n) is 5.27. The van der Waals surface area contributed by atoms with Crippen molar-refractivity contribution in [3.63, 3.8) is 0 Å². The second-order valence-corrected chi connectivity index (χ2v) is 5.27. The monoisotopic (exact) mass is 272 g/mol. The highest BCUT2D eigenvalue weighted by molar-refractivity contribution is 5.44. The third-order valence-electron chi connectivity index (χ3n) is 3.51. The van der Waals surface area contributed by atoms with Gasteiger partial charge >= 0.3 is 0 Å². The Morgan fingerprint density at radius 2 is 1.19 bits per heavy atom. The average molecular weight is 272 g/mol. The van der Waals surface area contributed by atoms with Gasteiger partial charge in [-0.1, -0.05) is 48.2 Å². The zero-order chi connectivity index (χ0) is 14.5. The Morgan fingerprint density at radius 1 is 0.762 bits per heavy atom. The van der Waals surface area contributed by atoms with Crippen LogP contribution < -0.4 is 0 Å². The van der Waals surface area contributed by atoms with Crippen LogP contribution in [0.15, 0.2) is 60.7 Å². The maximum Gasteiger partial charge on any atom is 0.191 e. The Labute approximate surface area is 125 Å². The summed E-state index contributed by atoms with van der Waals surface area (Å²) in [6, 6.07) is 19.4. The summed E-state index contributed by atoms with van der Waals surface area (Å²) in [7, 11) is 0. The topological polar surface area (TPSA) is 20.2 Å². The summed E-state index contributed by atoms with van der Waals surface area (Å²) in [5.74, 6) is 12.2. The van der Waals surface area contributed by atoms with Crippen molar-refractivity contribution in [3.8, 4) is 23.7 Å². The van der Waals surface area contributed by atoms with E-state index >= 15 is 0 Å². The van der Waals surface area contributed by atoms with Crippen molar-refractivity contribution in [1.82, 2.24) is 0 Å². The maximum atomic E-state index is 10.7. The highest BCUT2D eigenvalue weighted by Gasteiger charge is 2.41. The van der Waals surface area contributed by atoms with Crippen LogP contribution >= 0.6 is 0 Å². The molecule has 0 aromatic heterocycles. The lowest BCUT2D eigenvalue weighted by Crippen LogP contribution is -2.27. The van der Waals surface area contributed by atoms with Crippen molar-refractivity contribution in [2.24, 2.45) is 5.92 Å². The molecule has 2 aromatic rings. The van der Waals surface area contributed by atoms with Crippen LogP contribution in [0, 0.1) is 29.6 Å². The van der Waals surface area contributed by atoms with Gasteiger partial charge in [0.2, 0.25) is 0 Å². The van der Waals surface area contributed by atoms with E-state index in [0.717, 1.165) is 24.0 Å². The standard InChI is InChI=1S/C20H16O/c21-20(19-11-12-19,15-13-17-7-3-1-4-8-17)16-14-18-9-5-2-6-10-18/h1-10,19,21H,11-12H2. The van der Waals surface area contributed by atoms with Crippen molar-refractivity contribution in [1.29, 1.82) is 0 Å². The maximum absolute atomic E-state index is 10.7. The van der Waals surface area contributed by atoms with E-state index in [1.165, 1.54) is 0 Å². The van der Waals surface area contributed by atoms with E-state index in [2.05, 4.69) is 23.7 Å². The minimum absolute atomic E-state index is 0.171. The zero-order valence-corrected chi connectivity index (χ0v) is 11.7. The van der Waals surface area contributed by atoms with E-state index in [9.17, 15) is 5.11 Å². The summed E-state index contributed by atoms with van der Waals surface area (Å²) in [5.41, 5.74) is 0.599. The molecular weight excluding hydrogens is 256 g/mol. The summed E-state index contributed by atoms with van der Waals surface area (Å²) in [4.78, 5) is 0. The molecule has 1 aliphatic carbocycles. The average Bonchev–Trinajstić information content (AvgIpc) is 3.38. The Hall–Kier alpha value is -2.48. The van der Waals surface area contributed by atoms with Gasteiger partial charge in [0, 0.05) is 17.0 Å². The Bertz CT molecular complexity index is 662. The molecule has 102 valence electrons. The molecule has 0 bridgehead atoms. The van der Waals surface area contributed by atoms with E-state index in [1.807, 2.05) is 60.7 Å². The van der Waals surface area contributed by atoms with Crippen molar-refractivity contribution in [3.05, 3.63) is 71.8 Å². The first-order valence-electron chi connectivity index (χ1n) is 7.15. The van der Waals surface area contributed by atoms with Gasteiger partial charge in [0.15, 0.2) is 5.60 Å². The highest BCUT2D eigenvalue weighted by atomic mass is 16.3. The van der Waals surface area contributed by atoms with Crippen LogP contribution in [0.25, 0.3) is 0 Å². The molecule has 1 saturated carbocycles. The number of hydrogen-bond donors (Lipinski definition) is 1. The summed E-state index contributed by atoms with van der Waals surface area (Å²) < 4.78 is 0. The molecular formula is C20H16O. The van der Waals surface area contributed by atoms with Crippen LogP contribution in [0.5, 0.6) is 0 Å². The molecule has 1 nitrogen and oxygen atoms in total. The molecule has 1 N–H and O–H groups in total. The zero-order valence-electron chi connectivity index (χ0n) is 11.7. The molecule has 2 aromatic carbocycles. The lowest BCUT2D eigenvalue weighted by atomic mass is 9.98. The van der Waals surface area contributed by atoms with Gasteiger partial charge < -0.3 is 5.11 Å². The fourth-order valence-electron chi connectivity index (χ4n) is 2.11. The Balaban J connectivity index is 1.88. The summed E-state index contributed by atoms with van der Waals surface area (Å²) in [6.45, 7) is 0. The van der Waals surface area contributed by atoms with Gasteiger partial charge in [0.05, 0.1) is 0 Å². The van der Waals surface area contributed by atoms with E-state index in [4.69, 9.17) is 0 Å². The molecule has 0 amide bonds. The van der Waals surface area contributed by atoms with Gasteiger partial charge in [0.1, 0.15) is 0 Å². The third-order valence-corrected chi connectivity index (χ3v) is 3.51.